The first-order valence-electron chi connectivity index (χ1n) is 12.4. The summed E-state index contributed by atoms with van der Waals surface area (Å²) in [5, 5.41) is 22.1. The molecule has 0 aromatic heterocycles. The molecule has 1 unspecified atom stereocenters. The second-order valence-corrected chi connectivity index (χ2v) is 8.88. The summed E-state index contributed by atoms with van der Waals surface area (Å²) in [5.41, 5.74) is 6.99. The van der Waals surface area contributed by atoms with Crippen LogP contribution in [0.25, 0.3) is 6.08 Å². The number of nitro groups is 1. The molecule has 0 aliphatic carbocycles. The highest BCUT2D eigenvalue weighted by Crippen LogP contribution is 2.35. The first-order chi connectivity index (χ1) is 19.1. The molecule has 1 amide bonds. The summed E-state index contributed by atoms with van der Waals surface area (Å²) in [6, 6.07) is 33.9. The van der Waals surface area contributed by atoms with Gasteiger partial charge in [-0.25, -0.2) is 5.43 Å². The predicted molar refractivity (Wildman–Crippen MR) is 154 cm³/mol. The van der Waals surface area contributed by atoms with E-state index in [1.807, 2.05) is 65.7 Å². The van der Waals surface area contributed by atoms with Gasteiger partial charge in [0.05, 0.1) is 28.6 Å². The maximum atomic E-state index is 12.4. The van der Waals surface area contributed by atoms with Gasteiger partial charge >= 0.3 is 0 Å². The number of anilines is 1. The molecule has 1 N–H and O–H groups in total. The zero-order valence-electron chi connectivity index (χ0n) is 20.9. The topological polar surface area (TPSA) is 100 Å². The number of rotatable bonds is 8. The van der Waals surface area contributed by atoms with E-state index in [0.29, 0.717) is 0 Å². The number of nitrogens with zero attached hydrogens (tertiary/aromatic N) is 4. The molecule has 1 heterocycles. The minimum absolute atomic E-state index is 0.0500. The Hall–Kier alpha value is -5.37. The molecular weight excluding hydrogens is 490 g/mol. The summed E-state index contributed by atoms with van der Waals surface area (Å²) in [7, 11) is 0. The van der Waals surface area contributed by atoms with Crippen molar-refractivity contribution >= 4 is 35.3 Å². The van der Waals surface area contributed by atoms with Crippen molar-refractivity contribution in [2.24, 2.45) is 10.2 Å². The lowest BCUT2D eigenvalue weighted by Crippen LogP contribution is -2.19. The van der Waals surface area contributed by atoms with Crippen LogP contribution in [0.5, 0.6) is 0 Å². The minimum atomic E-state index is -0.650. The minimum Gasteiger partial charge on any atom is -0.267 e. The van der Waals surface area contributed by atoms with E-state index < -0.39 is 10.8 Å². The third kappa shape index (κ3) is 6.14. The zero-order valence-corrected chi connectivity index (χ0v) is 20.9. The second kappa shape index (κ2) is 11.8. The van der Waals surface area contributed by atoms with Crippen LogP contribution in [0.1, 0.15) is 39.5 Å². The van der Waals surface area contributed by atoms with Crippen molar-refractivity contribution in [1.29, 1.82) is 0 Å². The first-order valence-corrected chi connectivity index (χ1v) is 12.4. The number of hydrogen-bond donors (Lipinski definition) is 1. The van der Waals surface area contributed by atoms with Gasteiger partial charge in [0.1, 0.15) is 5.56 Å². The van der Waals surface area contributed by atoms with Gasteiger partial charge in [-0.15, -0.1) is 0 Å². The Kier molecular flexibility index (Phi) is 7.64. The Morgan fingerprint density at radius 2 is 1.54 bits per heavy atom. The lowest BCUT2D eigenvalue weighted by Gasteiger charge is -2.24. The zero-order chi connectivity index (χ0) is 27.0. The highest BCUT2D eigenvalue weighted by molar-refractivity contribution is 6.01. The number of carbonyl (C=O) groups is 1. The van der Waals surface area contributed by atoms with E-state index in [4.69, 9.17) is 5.10 Å². The molecule has 0 bridgehead atoms. The molecule has 5 rings (SSSR count). The van der Waals surface area contributed by atoms with Gasteiger partial charge in [0.15, 0.2) is 0 Å². The summed E-state index contributed by atoms with van der Waals surface area (Å²) in [6.45, 7) is 0. The van der Waals surface area contributed by atoms with Gasteiger partial charge in [-0.3, -0.25) is 19.9 Å². The fourth-order valence-corrected chi connectivity index (χ4v) is 4.33. The summed E-state index contributed by atoms with van der Waals surface area (Å²) in [6.07, 6.45) is 6.40. The molecule has 192 valence electrons. The number of benzene rings is 4. The quantitative estimate of drug-likeness (QED) is 0.167. The van der Waals surface area contributed by atoms with E-state index in [1.165, 1.54) is 30.0 Å². The Labute approximate surface area is 225 Å². The van der Waals surface area contributed by atoms with Crippen LogP contribution >= 0.6 is 0 Å². The van der Waals surface area contributed by atoms with Gasteiger partial charge in [-0.1, -0.05) is 91.0 Å². The number of nitro benzene ring substituents is 1. The normalized spacial score (nSPS) is 15.0. The molecule has 0 saturated carbocycles. The van der Waals surface area contributed by atoms with Gasteiger partial charge in [0.2, 0.25) is 0 Å². The molecule has 0 fully saturated rings. The molecule has 4 aromatic rings. The maximum Gasteiger partial charge on any atom is 0.282 e. The van der Waals surface area contributed by atoms with E-state index in [9.17, 15) is 14.9 Å². The largest absolute Gasteiger partial charge is 0.282 e. The second-order valence-electron chi connectivity index (χ2n) is 8.88. The Balaban J connectivity index is 1.31. The molecule has 0 radical (unpaired) electrons. The Bertz CT molecular complexity index is 1550. The van der Waals surface area contributed by atoms with Crippen molar-refractivity contribution in [3.8, 4) is 0 Å². The van der Waals surface area contributed by atoms with Crippen LogP contribution in [0, 0.1) is 10.1 Å². The number of amides is 1. The molecule has 0 saturated heterocycles. The molecule has 1 aliphatic rings. The number of hydrogen-bond acceptors (Lipinski definition) is 6. The lowest BCUT2D eigenvalue weighted by molar-refractivity contribution is -0.385. The van der Waals surface area contributed by atoms with Crippen LogP contribution in [-0.4, -0.2) is 22.8 Å². The van der Waals surface area contributed by atoms with E-state index in [0.717, 1.165) is 28.9 Å². The first kappa shape index (κ1) is 25.3. The van der Waals surface area contributed by atoms with E-state index >= 15 is 0 Å². The van der Waals surface area contributed by atoms with Crippen LogP contribution in [0.3, 0.4) is 0 Å². The van der Waals surface area contributed by atoms with Gasteiger partial charge in [-0.05, 0) is 41.0 Å². The lowest BCUT2D eigenvalue weighted by atomic mass is 10.0. The van der Waals surface area contributed by atoms with Crippen LogP contribution in [0.4, 0.5) is 11.4 Å². The number of para-hydroxylation sites is 1. The van der Waals surface area contributed by atoms with E-state index in [1.54, 1.807) is 6.07 Å². The fourth-order valence-electron chi connectivity index (χ4n) is 4.33. The fraction of sp³-hybridized carbons (Fsp3) is 0.0645. The molecule has 4 aromatic carbocycles. The van der Waals surface area contributed by atoms with E-state index in [2.05, 4.69) is 46.9 Å². The molecule has 1 aliphatic heterocycles. The van der Waals surface area contributed by atoms with Crippen molar-refractivity contribution in [1.82, 2.24) is 5.43 Å². The summed E-state index contributed by atoms with van der Waals surface area (Å²) >= 11 is 0. The van der Waals surface area contributed by atoms with Crippen molar-refractivity contribution in [3.05, 3.63) is 148 Å². The number of allylic oxidation sites excluding steroid dienone is 1. The van der Waals surface area contributed by atoms with Crippen molar-refractivity contribution < 1.29 is 9.72 Å². The maximum absolute atomic E-state index is 12.4. The summed E-state index contributed by atoms with van der Waals surface area (Å²) < 4.78 is 0. The smallest absolute Gasteiger partial charge is 0.267 e. The number of hydrazone groups is 2. The SMILES string of the molecule is O=C(NN=Cc1ccc(N2N=C(C=Cc3ccccc3)CC2c2ccccc2)cc1)c1ccccc1[N+](=O)[O-]. The van der Waals surface area contributed by atoms with Gasteiger partial charge in [-0.2, -0.15) is 10.2 Å². The van der Waals surface area contributed by atoms with Crippen LogP contribution in [0.2, 0.25) is 0 Å². The standard InChI is InChI=1S/C31H25N5O3/c37-31(28-13-7-8-14-29(28)36(38)39)33-32-22-24-16-19-27(20-17-24)35-30(25-11-5-2-6-12-25)21-26(34-35)18-15-23-9-3-1-4-10-23/h1-20,22,30H,21H2,(H,33,37). The average Bonchev–Trinajstić information content (AvgIpc) is 3.42. The highest BCUT2D eigenvalue weighted by Gasteiger charge is 2.28. The molecule has 8 nitrogen and oxygen atoms in total. The molecule has 8 heteroatoms. The molecule has 0 spiro atoms. The molecule has 1 atom stereocenters. The predicted octanol–water partition coefficient (Wildman–Crippen LogP) is 6.38. The number of carbonyl (C=O) groups excluding carboxylic acids is 1. The molecular formula is C31H25N5O3. The van der Waals surface area contributed by atoms with Crippen molar-refractivity contribution in [2.75, 3.05) is 5.01 Å². The van der Waals surface area contributed by atoms with Gasteiger partial charge in [0.25, 0.3) is 11.6 Å². The van der Waals surface area contributed by atoms with Gasteiger partial charge in [0, 0.05) is 12.5 Å². The number of nitrogens with one attached hydrogen (secondary N) is 1. The van der Waals surface area contributed by atoms with Crippen LogP contribution < -0.4 is 10.4 Å². The van der Waals surface area contributed by atoms with Gasteiger partial charge < -0.3 is 0 Å². The molecule has 39 heavy (non-hydrogen) atoms. The summed E-state index contributed by atoms with van der Waals surface area (Å²) in [4.78, 5) is 23.0. The third-order valence-electron chi connectivity index (χ3n) is 6.27. The monoisotopic (exact) mass is 515 g/mol. The summed E-state index contributed by atoms with van der Waals surface area (Å²) in [5.74, 6) is -0.650. The van der Waals surface area contributed by atoms with Crippen LogP contribution in [0.15, 0.2) is 125 Å². The Morgan fingerprint density at radius 3 is 2.26 bits per heavy atom. The Morgan fingerprint density at radius 1 is 0.872 bits per heavy atom. The average molecular weight is 516 g/mol. The third-order valence-corrected chi connectivity index (χ3v) is 6.27. The van der Waals surface area contributed by atoms with Crippen molar-refractivity contribution in [2.45, 2.75) is 12.5 Å². The van der Waals surface area contributed by atoms with Crippen molar-refractivity contribution in [3.63, 3.8) is 0 Å². The van der Waals surface area contributed by atoms with Crippen LogP contribution in [-0.2, 0) is 0 Å². The highest BCUT2D eigenvalue weighted by atomic mass is 16.6. The van der Waals surface area contributed by atoms with E-state index in [-0.39, 0.29) is 17.3 Å².